The Hall–Kier alpha value is -3.39. The fraction of sp³-hybridized carbons (Fsp3) is 0.423. The van der Waals surface area contributed by atoms with Crippen LogP contribution in [0.4, 0.5) is 4.79 Å². The van der Waals surface area contributed by atoms with Gasteiger partial charge in [-0.3, -0.25) is 9.59 Å². The van der Waals surface area contributed by atoms with E-state index in [0.717, 1.165) is 22.3 Å². The van der Waals surface area contributed by atoms with E-state index in [1.807, 2.05) is 24.3 Å². The van der Waals surface area contributed by atoms with E-state index < -0.39 is 23.4 Å². The number of benzene rings is 2. The van der Waals surface area contributed by atoms with Gasteiger partial charge in [0.2, 0.25) is 5.91 Å². The zero-order valence-electron chi connectivity index (χ0n) is 19.2. The Kier molecular flexibility index (Phi) is 7.17. The van der Waals surface area contributed by atoms with Gasteiger partial charge in [0.05, 0.1) is 11.3 Å². The van der Waals surface area contributed by atoms with Crippen LogP contribution in [-0.2, 0) is 19.1 Å². The van der Waals surface area contributed by atoms with E-state index >= 15 is 0 Å². The highest BCUT2D eigenvalue weighted by atomic mass is 16.5. The van der Waals surface area contributed by atoms with Crippen LogP contribution in [0.25, 0.3) is 11.1 Å². The van der Waals surface area contributed by atoms with E-state index in [1.165, 1.54) is 0 Å². The number of rotatable bonds is 8. The minimum absolute atomic E-state index is 0.0365. The summed E-state index contributed by atoms with van der Waals surface area (Å²) in [5, 5.41) is 15.0. The second-order valence-corrected chi connectivity index (χ2v) is 9.02. The molecule has 2 aliphatic rings. The number of hydrogen-bond acceptors (Lipinski definition) is 5. The van der Waals surface area contributed by atoms with E-state index in [1.54, 1.807) is 6.92 Å². The topological polar surface area (TPSA) is 114 Å². The molecule has 8 nitrogen and oxygen atoms in total. The quantitative estimate of drug-likeness (QED) is 0.551. The van der Waals surface area contributed by atoms with Gasteiger partial charge in [0.1, 0.15) is 6.61 Å². The fourth-order valence-corrected chi connectivity index (χ4v) is 4.64. The lowest BCUT2D eigenvalue weighted by molar-refractivity contribution is -0.154. The zero-order chi connectivity index (χ0) is 24.1. The summed E-state index contributed by atoms with van der Waals surface area (Å²) in [6, 6.07) is 16.2. The van der Waals surface area contributed by atoms with Crippen molar-refractivity contribution in [3.8, 4) is 11.1 Å². The molecule has 0 radical (unpaired) electrons. The Bertz CT molecular complexity index is 1020. The third-order valence-electron chi connectivity index (χ3n) is 6.85. The first-order valence-corrected chi connectivity index (χ1v) is 11.6. The second-order valence-electron chi connectivity index (χ2n) is 9.02. The van der Waals surface area contributed by atoms with E-state index in [0.29, 0.717) is 26.1 Å². The Morgan fingerprint density at radius 3 is 2.21 bits per heavy atom. The van der Waals surface area contributed by atoms with Gasteiger partial charge in [-0.15, -0.1) is 0 Å². The van der Waals surface area contributed by atoms with Crippen LogP contribution in [0.15, 0.2) is 48.5 Å². The average Bonchev–Trinajstić information content (AvgIpc) is 3.18. The molecule has 0 saturated carbocycles. The molecular formula is C26H30N2O6. The van der Waals surface area contributed by atoms with Gasteiger partial charge in [-0.2, -0.15) is 0 Å². The van der Waals surface area contributed by atoms with Gasteiger partial charge in [0.15, 0.2) is 0 Å². The van der Waals surface area contributed by atoms with E-state index in [-0.39, 0.29) is 31.5 Å². The number of hydrogen-bond donors (Lipinski definition) is 3. The molecule has 1 aliphatic carbocycles. The van der Waals surface area contributed by atoms with Gasteiger partial charge in [-0.25, -0.2) is 4.79 Å². The molecule has 0 aromatic heterocycles. The lowest BCUT2D eigenvalue weighted by atomic mass is 9.80. The fourth-order valence-electron chi connectivity index (χ4n) is 4.64. The molecule has 1 atom stereocenters. The van der Waals surface area contributed by atoms with Crippen molar-refractivity contribution < 1.29 is 29.0 Å². The number of carboxylic acid groups (broad SMARTS) is 1. The maximum absolute atomic E-state index is 12.5. The monoisotopic (exact) mass is 466 g/mol. The first-order chi connectivity index (χ1) is 16.4. The number of aliphatic carboxylic acids is 1. The molecule has 3 N–H and O–H groups in total. The minimum atomic E-state index is -1.01. The van der Waals surface area contributed by atoms with E-state index in [2.05, 4.69) is 34.9 Å². The standard InChI is InChI=1S/C26H30N2O6/c1-17(23(29)28-16-26(24(30)31)10-12-33-13-11-26)14-27-25(32)34-15-22-20-8-4-2-6-18(20)19-7-3-5-9-21(19)22/h2-9,17,22H,10-16H2,1H3,(H,27,32)(H,28,29)(H,30,31). The first-order valence-electron chi connectivity index (χ1n) is 11.6. The van der Waals surface area contributed by atoms with Gasteiger partial charge < -0.3 is 25.2 Å². The maximum Gasteiger partial charge on any atom is 0.407 e. The van der Waals surface area contributed by atoms with Crippen LogP contribution in [0.3, 0.4) is 0 Å². The molecule has 1 saturated heterocycles. The molecule has 1 fully saturated rings. The average molecular weight is 467 g/mol. The zero-order valence-corrected chi connectivity index (χ0v) is 19.2. The lowest BCUT2D eigenvalue weighted by Gasteiger charge is -2.33. The molecule has 180 valence electrons. The molecule has 34 heavy (non-hydrogen) atoms. The Morgan fingerprint density at radius 1 is 1.03 bits per heavy atom. The molecular weight excluding hydrogens is 436 g/mol. The lowest BCUT2D eigenvalue weighted by Crippen LogP contribution is -2.48. The molecule has 0 bridgehead atoms. The Labute approximate surface area is 198 Å². The predicted octanol–water partition coefficient (Wildman–Crippen LogP) is 3.16. The molecule has 4 rings (SSSR count). The summed E-state index contributed by atoms with van der Waals surface area (Å²) in [5.74, 6) is -1.82. The largest absolute Gasteiger partial charge is 0.481 e. The minimum Gasteiger partial charge on any atom is -0.481 e. The number of carbonyl (C=O) groups is 3. The molecule has 0 spiro atoms. The Balaban J connectivity index is 1.26. The van der Waals surface area contributed by atoms with Crippen molar-refractivity contribution in [3.63, 3.8) is 0 Å². The van der Waals surface area contributed by atoms with Crippen LogP contribution in [-0.4, -0.2) is 56.0 Å². The summed E-state index contributed by atoms with van der Waals surface area (Å²) >= 11 is 0. The number of alkyl carbamates (subject to hydrolysis) is 1. The van der Waals surface area contributed by atoms with Gasteiger partial charge >= 0.3 is 12.1 Å². The van der Waals surface area contributed by atoms with Crippen LogP contribution in [0, 0.1) is 11.3 Å². The summed E-state index contributed by atoms with van der Waals surface area (Å²) in [5.41, 5.74) is 3.56. The Morgan fingerprint density at radius 2 is 1.62 bits per heavy atom. The molecule has 1 aliphatic heterocycles. The number of amides is 2. The summed E-state index contributed by atoms with van der Waals surface area (Å²) in [6.07, 6.45) is 0.122. The van der Waals surface area contributed by atoms with Crippen LogP contribution in [0.5, 0.6) is 0 Å². The van der Waals surface area contributed by atoms with Crippen LogP contribution in [0.1, 0.15) is 36.8 Å². The molecule has 2 aromatic rings. The van der Waals surface area contributed by atoms with Crippen molar-refractivity contribution in [2.24, 2.45) is 11.3 Å². The van der Waals surface area contributed by atoms with Crippen molar-refractivity contribution in [1.82, 2.24) is 10.6 Å². The molecule has 8 heteroatoms. The summed E-state index contributed by atoms with van der Waals surface area (Å²) < 4.78 is 10.8. The highest BCUT2D eigenvalue weighted by molar-refractivity contribution is 5.81. The molecule has 2 amide bonds. The molecule has 1 heterocycles. The van der Waals surface area contributed by atoms with Gasteiger partial charge in [-0.05, 0) is 35.1 Å². The van der Waals surface area contributed by atoms with Gasteiger partial charge in [0.25, 0.3) is 0 Å². The van der Waals surface area contributed by atoms with Crippen molar-refractivity contribution in [2.45, 2.75) is 25.7 Å². The number of fused-ring (bicyclic) bond motifs is 3. The van der Waals surface area contributed by atoms with E-state index in [4.69, 9.17) is 9.47 Å². The molecule has 2 aromatic carbocycles. The maximum atomic E-state index is 12.5. The highest BCUT2D eigenvalue weighted by Gasteiger charge is 2.40. The van der Waals surface area contributed by atoms with Crippen LogP contribution >= 0.6 is 0 Å². The third kappa shape index (κ3) is 4.92. The van der Waals surface area contributed by atoms with Crippen molar-refractivity contribution >= 4 is 18.0 Å². The number of carbonyl (C=O) groups excluding carboxylic acids is 2. The van der Waals surface area contributed by atoms with E-state index in [9.17, 15) is 19.5 Å². The highest BCUT2D eigenvalue weighted by Crippen LogP contribution is 2.44. The summed E-state index contributed by atoms with van der Waals surface area (Å²) in [7, 11) is 0. The van der Waals surface area contributed by atoms with Gasteiger partial charge in [-0.1, -0.05) is 55.5 Å². The second kappa shape index (κ2) is 10.3. The number of ether oxygens (including phenoxy) is 2. The summed E-state index contributed by atoms with van der Waals surface area (Å²) in [6.45, 7) is 2.73. The van der Waals surface area contributed by atoms with Crippen molar-refractivity contribution in [1.29, 1.82) is 0 Å². The first kappa shape index (κ1) is 23.8. The third-order valence-corrected chi connectivity index (χ3v) is 6.85. The predicted molar refractivity (Wildman–Crippen MR) is 125 cm³/mol. The normalized spacial score (nSPS) is 17.2. The SMILES string of the molecule is CC(CNC(=O)OCC1c2ccccc2-c2ccccc21)C(=O)NCC1(C(=O)O)CCOCC1. The number of carboxylic acids is 1. The summed E-state index contributed by atoms with van der Waals surface area (Å²) in [4.78, 5) is 36.5. The van der Waals surface area contributed by atoms with Crippen LogP contribution in [0.2, 0.25) is 0 Å². The van der Waals surface area contributed by atoms with Crippen molar-refractivity contribution in [2.75, 3.05) is 32.9 Å². The van der Waals surface area contributed by atoms with Crippen molar-refractivity contribution in [3.05, 3.63) is 59.7 Å². The number of nitrogens with one attached hydrogen (secondary N) is 2. The molecule has 1 unspecified atom stereocenters. The van der Waals surface area contributed by atoms with Gasteiger partial charge in [0, 0.05) is 32.2 Å². The smallest absolute Gasteiger partial charge is 0.407 e. The van der Waals surface area contributed by atoms with Crippen LogP contribution < -0.4 is 10.6 Å².